The minimum atomic E-state index is -0.192. The van der Waals surface area contributed by atoms with Crippen LogP contribution < -0.4 is 10.6 Å². The van der Waals surface area contributed by atoms with Crippen molar-refractivity contribution in [3.05, 3.63) is 0 Å². The summed E-state index contributed by atoms with van der Waals surface area (Å²) in [6.07, 6.45) is 1.41. The molecule has 15 heavy (non-hydrogen) atoms. The summed E-state index contributed by atoms with van der Waals surface area (Å²) in [4.78, 5) is 23.6. The smallest absolute Gasteiger partial charge is 0.237 e. The normalized spacial score (nSPS) is 12.7. The largest absolute Gasteiger partial charge is 0.358 e. The average Bonchev–Trinajstić information content (AvgIpc) is 2.21. The van der Waals surface area contributed by atoms with Crippen molar-refractivity contribution in [2.45, 2.75) is 26.3 Å². The predicted molar refractivity (Wildman–Crippen MR) is 59.1 cm³/mol. The third kappa shape index (κ3) is 5.37. The highest BCUT2D eigenvalue weighted by molar-refractivity contribution is 5.81. The van der Waals surface area contributed by atoms with Crippen LogP contribution in [0.15, 0.2) is 0 Å². The zero-order valence-electron chi connectivity index (χ0n) is 9.91. The van der Waals surface area contributed by atoms with Crippen molar-refractivity contribution in [1.82, 2.24) is 15.5 Å². The molecule has 0 aliphatic rings. The topological polar surface area (TPSA) is 61.4 Å². The number of hydrogen-bond acceptors (Lipinski definition) is 3. The maximum atomic E-state index is 11.6. The molecule has 0 aromatic rings. The molecule has 88 valence electrons. The monoisotopic (exact) mass is 215 g/mol. The standard InChI is InChI=1S/C10H21N3O2/c1-8(2)5-9(10(15)11-3)13(4)6-12-7-14/h7-9H,5-6H2,1-4H3,(H,11,15)(H,12,14)/t9-/m0/s1. The van der Waals surface area contributed by atoms with Crippen LogP contribution in [-0.2, 0) is 9.59 Å². The lowest BCUT2D eigenvalue weighted by Gasteiger charge is -2.27. The first-order chi connectivity index (χ1) is 7.02. The Bertz CT molecular complexity index is 207. The lowest BCUT2D eigenvalue weighted by molar-refractivity contribution is -0.126. The Labute approximate surface area is 91.2 Å². The molecule has 1 atom stereocenters. The second-order valence-corrected chi connectivity index (χ2v) is 4.00. The maximum absolute atomic E-state index is 11.6. The lowest BCUT2D eigenvalue weighted by Crippen LogP contribution is -2.47. The second kappa shape index (κ2) is 7.23. The summed E-state index contributed by atoms with van der Waals surface area (Å²) in [5.41, 5.74) is 0. The van der Waals surface area contributed by atoms with E-state index in [0.717, 1.165) is 6.42 Å². The van der Waals surface area contributed by atoms with Gasteiger partial charge in [-0.1, -0.05) is 13.8 Å². The SMILES string of the molecule is CNC(=O)[C@H](CC(C)C)N(C)CNC=O. The van der Waals surface area contributed by atoms with Crippen LogP contribution in [0.25, 0.3) is 0 Å². The van der Waals surface area contributed by atoms with Gasteiger partial charge >= 0.3 is 0 Å². The molecule has 0 aromatic heterocycles. The quantitative estimate of drug-likeness (QED) is 0.456. The third-order valence-electron chi connectivity index (χ3n) is 2.20. The van der Waals surface area contributed by atoms with Gasteiger partial charge in [-0.2, -0.15) is 0 Å². The number of likely N-dealkylation sites (N-methyl/N-ethyl adjacent to an activating group) is 2. The number of carbonyl (C=O) groups excluding carboxylic acids is 2. The summed E-state index contributed by atoms with van der Waals surface area (Å²) in [6.45, 7) is 4.52. The van der Waals surface area contributed by atoms with Gasteiger partial charge in [-0.3, -0.25) is 14.5 Å². The Balaban J connectivity index is 4.32. The Hall–Kier alpha value is -1.10. The van der Waals surface area contributed by atoms with Gasteiger partial charge < -0.3 is 10.6 Å². The van der Waals surface area contributed by atoms with Gasteiger partial charge in [-0.25, -0.2) is 0 Å². The molecule has 0 saturated heterocycles. The fourth-order valence-corrected chi connectivity index (χ4v) is 1.39. The van der Waals surface area contributed by atoms with Gasteiger partial charge in [0.15, 0.2) is 0 Å². The highest BCUT2D eigenvalue weighted by Crippen LogP contribution is 2.09. The van der Waals surface area contributed by atoms with Crippen molar-refractivity contribution in [2.75, 3.05) is 20.8 Å². The lowest BCUT2D eigenvalue weighted by atomic mass is 10.0. The van der Waals surface area contributed by atoms with Crippen molar-refractivity contribution in [3.63, 3.8) is 0 Å². The van der Waals surface area contributed by atoms with Crippen LogP contribution in [-0.4, -0.2) is 44.0 Å². The Morgan fingerprint density at radius 3 is 2.47 bits per heavy atom. The van der Waals surface area contributed by atoms with Gasteiger partial charge in [0, 0.05) is 7.05 Å². The second-order valence-electron chi connectivity index (χ2n) is 4.00. The number of carbonyl (C=O) groups is 2. The predicted octanol–water partition coefficient (Wildman–Crippen LogP) is -0.218. The van der Waals surface area contributed by atoms with Gasteiger partial charge in [0.1, 0.15) is 0 Å². The highest BCUT2D eigenvalue weighted by Gasteiger charge is 2.22. The summed E-state index contributed by atoms with van der Waals surface area (Å²) in [7, 11) is 3.44. The molecule has 0 bridgehead atoms. The zero-order chi connectivity index (χ0) is 11.8. The maximum Gasteiger partial charge on any atom is 0.237 e. The number of amides is 2. The average molecular weight is 215 g/mol. The first-order valence-electron chi connectivity index (χ1n) is 5.11. The molecule has 0 radical (unpaired) electrons. The Kier molecular flexibility index (Phi) is 6.70. The van der Waals surface area contributed by atoms with Crippen LogP contribution in [0.3, 0.4) is 0 Å². The molecule has 2 N–H and O–H groups in total. The van der Waals surface area contributed by atoms with Crippen molar-refractivity contribution in [3.8, 4) is 0 Å². The molecule has 0 heterocycles. The molecular weight excluding hydrogens is 194 g/mol. The fourth-order valence-electron chi connectivity index (χ4n) is 1.39. The first kappa shape index (κ1) is 13.9. The van der Waals surface area contributed by atoms with E-state index in [2.05, 4.69) is 24.5 Å². The molecular formula is C10H21N3O2. The fraction of sp³-hybridized carbons (Fsp3) is 0.800. The van der Waals surface area contributed by atoms with Crippen LogP contribution in [0.5, 0.6) is 0 Å². The molecule has 0 unspecified atom stereocenters. The van der Waals surface area contributed by atoms with Crippen LogP contribution in [0.1, 0.15) is 20.3 Å². The summed E-state index contributed by atoms with van der Waals surface area (Å²) < 4.78 is 0. The van der Waals surface area contributed by atoms with Gasteiger partial charge in [0.25, 0.3) is 0 Å². The van der Waals surface area contributed by atoms with Crippen molar-refractivity contribution >= 4 is 12.3 Å². The summed E-state index contributed by atoms with van der Waals surface area (Å²) in [6, 6.07) is -0.192. The van der Waals surface area contributed by atoms with Crippen molar-refractivity contribution in [2.24, 2.45) is 5.92 Å². The van der Waals surface area contributed by atoms with Gasteiger partial charge in [-0.05, 0) is 19.4 Å². The molecule has 0 aromatic carbocycles. The van der Waals surface area contributed by atoms with E-state index < -0.39 is 0 Å². The van der Waals surface area contributed by atoms with Crippen molar-refractivity contribution in [1.29, 1.82) is 0 Å². The number of hydrogen-bond donors (Lipinski definition) is 2. The molecule has 0 aliphatic heterocycles. The Morgan fingerprint density at radius 1 is 1.47 bits per heavy atom. The number of rotatable bonds is 7. The third-order valence-corrected chi connectivity index (χ3v) is 2.20. The summed E-state index contributed by atoms with van der Waals surface area (Å²) >= 11 is 0. The van der Waals surface area contributed by atoms with Crippen molar-refractivity contribution < 1.29 is 9.59 Å². The first-order valence-corrected chi connectivity index (χ1v) is 5.11. The molecule has 0 fully saturated rings. The zero-order valence-corrected chi connectivity index (χ0v) is 9.91. The molecule has 5 heteroatoms. The van der Waals surface area contributed by atoms with E-state index in [-0.39, 0.29) is 11.9 Å². The number of nitrogens with zero attached hydrogens (tertiary/aromatic N) is 1. The van der Waals surface area contributed by atoms with E-state index in [9.17, 15) is 9.59 Å². The highest BCUT2D eigenvalue weighted by atomic mass is 16.2. The van der Waals surface area contributed by atoms with Crippen LogP contribution >= 0.6 is 0 Å². The van der Waals surface area contributed by atoms with E-state index in [1.807, 2.05) is 11.9 Å². The van der Waals surface area contributed by atoms with Gasteiger partial charge in [-0.15, -0.1) is 0 Å². The molecule has 2 amide bonds. The van der Waals surface area contributed by atoms with Crippen LogP contribution in [0.4, 0.5) is 0 Å². The van der Waals surface area contributed by atoms with E-state index in [0.29, 0.717) is 19.0 Å². The van der Waals surface area contributed by atoms with E-state index in [1.165, 1.54) is 0 Å². The van der Waals surface area contributed by atoms with Gasteiger partial charge in [0.2, 0.25) is 12.3 Å². The van der Waals surface area contributed by atoms with E-state index in [1.54, 1.807) is 7.05 Å². The molecule has 0 saturated carbocycles. The van der Waals surface area contributed by atoms with Gasteiger partial charge in [0.05, 0.1) is 12.7 Å². The molecule has 0 rings (SSSR count). The minimum absolute atomic E-state index is 0.0149. The summed E-state index contributed by atoms with van der Waals surface area (Å²) in [5, 5.41) is 5.18. The number of nitrogens with one attached hydrogen (secondary N) is 2. The Morgan fingerprint density at radius 2 is 2.07 bits per heavy atom. The minimum Gasteiger partial charge on any atom is -0.358 e. The summed E-state index contributed by atoms with van der Waals surface area (Å²) in [5.74, 6) is 0.421. The molecule has 0 aliphatic carbocycles. The van der Waals surface area contributed by atoms with E-state index >= 15 is 0 Å². The van der Waals surface area contributed by atoms with Crippen LogP contribution in [0.2, 0.25) is 0 Å². The molecule has 5 nitrogen and oxygen atoms in total. The van der Waals surface area contributed by atoms with Crippen LogP contribution in [0, 0.1) is 5.92 Å². The van der Waals surface area contributed by atoms with E-state index in [4.69, 9.17) is 0 Å². The molecule has 0 spiro atoms.